The Morgan fingerprint density at radius 2 is 1.72 bits per heavy atom. The van der Waals surface area contributed by atoms with Gasteiger partial charge in [0.15, 0.2) is 0 Å². The van der Waals surface area contributed by atoms with Crippen molar-refractivity contribution in [2.24, 2.45) is 0 Å². The summed E-state index contributed by atoms with van der Waals surface area (Å²) in [5, 5.41) is 6.04. The van der Waals surface area contributed by atoms with Gasteiger partial charge in [-0.3, -0.25) is 0 Å². The van der Waals surface area contributed by atoms with Crippen molar-refractivity contribution in [2.75, 3.05) is 17.2 Å². The van der Waals surface area contributed by atoms with Crippen molar-refractivity contribution in [1.29, 1.82) is 0 Å². The molecule has 4 rings (SSSR count). The van der Waals surface area contributed by atoms with Crippen LogP contribution in [0.3, 0.4) is 0 Å². The number of urea groups is 1. The number of hydrogen-bond acceptors (Lipinski definition) is 3. The van der Waals surface area contributed by atoms with E-state index in [0.29, 0.717) is 5.82 Å². The SMILES string of the molecule is CCC[CH2][Sn]([CH2]CCC)([CH2]CCC)[c]1ccnc(NC(=O)Nc2cccc3c2C2CCCN2C3=O)c1. The van der Waals surface area contributed by atoms with Crippen molar-refractivity contribution in [3.63, 3.8) is 0 Å². The predicted molar refractivity (Wildman–Crippen MR) is 151 cm³/mol. The molecule has 1 atom stereocenters. The Bertz CT molecular complexity index is 1050. The number of hydrogen-bond donors (Lipinski definition) is 2. The first-order valence-electron chi connectivity index (χ1n) is 14.0. The minimum atomic E-state index is -2.61. The Kier molecular flexibility index (Phi) is 9.31. The van der Waals surface area contributed by atoms with Gasteiger partial charge in [-0.05, 0) is 0 Å². The molecule has 2 aliphatic rings. The molecule has 7 heteroatoms. The molecule has 0 saturated carbocycles. The zero-order chi connectivity index (χ0) is 25.5. The van der Waals surface area contributed by atoms with Gasteiger partial charge in [0, 0.05) is 0 Å². The molecule has 1 unspecified atom stereocenters. The topological polar surface area (TPSA) is 74.3 Å². The van der Waals surface area contributed by atoms with Gasteiger partial charge >= 0.3 is 221 Å². The summed E-state index contributed by atoms with van der Waals surface area (Å²) in [7, 11) is 0. The number of pyridine rings is 1. The minimum absolute atomic E-state index is 0.0795. The van der Waals surface area contributed by atoms with E-state index >= 15 is 0 Å². The first kappa shape index (κ1) is 27.0. The Balaban J connectivity index is 1.53. The molecule has 1 aromatic carbocycles. The molecule has 3 heterocycles. The monoisotopic (exact) mass is 598 g/mol. The van der Waals surface area contributed by atoms with Crippen LogP contribution < -0.4 is 14.2 Å². The zero-order valence-corrected chi connectivity index (χ0v) is 25.1. The van der Waals surface area contributed by atoms with E-state index in [1.165, 1.54) is 55.4 Å². The van der Waals surface area contributed by atoms with Crippen LogP contribution in [0, 0.1) is 0 Å². The van der Waals surface area contributed by atoms with E-state index in [1.54, 1.807) is 0 Å². The number of fused-ring (bicyclic) bond motifs is 3. The molecular weight excluding hydrogens is 555 g/mol. The second-order valence-electron chi connectivity index (χ2n) is 10.5. The molecule has 0 spiro atoms. The van der Waals surface area contributed by atoms with Crippen LogP contribution in [0.15, 0.2) is 36.5 Å². The summed E-state index contributed by atoms with van der Waals surface area (Å²) in [6, 6.07) is 9.83. The van der Waals surface area contributed by atoms with Crippen molar-refractivity contribution in [2.45, 2.75) is 91.5 Å². The van der Waals surface area contributed by atoms with E-state index in [-0.39, 0.29) is 18.0 Å². The molecule has 1 aromatic heterocycles. The quantitative estimate of drug-likeness (QED) is 0.257. The van der Waals surface area contributed by atoms with E-state index in [2.05, 4.69) is 48.5 Å². The summed E-state index contributed by atoms with van der Waals surface area (Å²) in [4.78, 5) is 32.3. The Hall–Kier alpha value is -2.09. The molecule has 2 aromatic rings. The number of benzene rings is 1. The third-order valence-electron chi connectivity index (χ3n) is 8.07. The number of amides is 3. The number of carbonyl (C=O) groups is 2. The van der Waals surface area contributed by atoms with Crippen molar-refractivity contribution in [1.82, 2.24) is 9.88 Å². The van der Waals surface area contributed by atoms with Crippen LogP contribution in [0.5, 0.6) is 0 Å². The van der Waals surface area contributed by atoms with Crippen LogP contribution in [0.2, 0.25) is 13.3 Å². The van der Waals surface area contributed by atoms with Crippen molar-refractivity contribution >= 4 is 45.4 Å². The number of rotatable bonds is 12. The summed E-state index contributed by atoms with van der Waals surface area (Å²) in [6.07, 6.45) is 11.4. The molecule has 194 valence electrons. The van der Waals surface area contributed by atoms with Gasteiger partial charge in [-0.1, -0.05) is 0 Å². The molecule has 3 amide bonds. The second kappa shape index (κ2) is 12.4. The third kappa shape index (κ3) is 5.73. The number of anilines is 2. The Labute approximate surface area is 220 Å². The molecule has 6 nitrogen and oxygen atoms in total. The molecule has 2 aliphatic heterocycles. The Morgan fingerprint density at radius 3 is 2.39 bits per heavy atom. The molecule has 2 N–H and O–H groups in total. The summed E-state index contributed by atoms with van der Waals surface area (Å²) < 4.78 is 5.63. The van der Waals surface area contributed by atoms with Gasteiger partial charge < -0.3 is 0 Å². The number of nitrogens with one attached hydrogen (secondary N) is 2. The molecule has 1 saturated heterocycles. The summed E-state index contributed by atoms with van der Waals surface area (Å²) in [6.45, 7) is 7.67. The molecule has 1 fully saturated rings. The van der Waals surface area contributed by atoms with Gasteiger partial charge in [0.05, 0.1) is 0 Å². The number of nitrogens with zero attached hydrogens (tertiary/aromatic N) is 2. The fourth-order valence-corrected chi connectivity index (χ4v) is 22.1. The van der Waals surface area contributed by atoms with Gasteiger partial charge in [0.1, 0.15) is 0 Å². The van der Waals surface area contributed by atoms with Crippen molar-refractivity contribution in [3.8, 4) is 0 Å². The van der Waals surface area contributed by atoms with Gasteiger partial charge in [-0.2, -0.15) is 0 Å². The predicted octanol–water partition coefficient (Wildman–Crippen LogP) is 7.07. The first-order valence-corrected chi connectivity index (χ1v) is 21.5. The van der Waals surface area contributed by atoms with Crippen LogP contribution in [-0.4, -0.2) is 46.7 Å². The molecular formula is C29H42N4O2Sn. The molecule has 0 bridgehead atoms. The van der Waals surface area contributed by atoms with Crippen LogP contribution in [0.25, 0.3) is 0 Å². The van der Waals surface area contributed by atoms with Gasteiger partial charge in [0.2, 0.25) is 0 Å². The van der Waals surface area contributed by atoms with Gasteiger partial charge in [-0.25, -0.2) is 0 Å². The Morgan fingerprint density at radius 1 is 1.03 bits per heavy atom. The van der Waals surface area contributed by atoms with Crippen LogP contribution in [0.4, 0.5) is 16.3 Å². The van der Waals surface area contributed by atoms with E-state index < -0.39 is 18.4 Å². The van der Waals surface area contributed by atoms with E-state index in [0.717, 1.165) is 36.2 Å². The van der Waals surface area contributed by atoms with Gasteiger partial charge in [-0.15, -0.1) is 0 Å². The average Bonchev–Trinajstić information content (AvgIpc) is 3.47. The van der Waals surface area contributed by atoms with Crippen LogP contribution in [0.1, 0.15) is 94.1 Å². The fourth-order valence-electron chi connectivity index (χ4n) is 6.14. The molecule has 36 heavy (non-hydrogen) atoms. The zero-order valence-electron chi connectivity index (χ0n) is 22.2. The summed E-state index contributed by atoms with van der Waals surface area (Å²) in [5.41, 5.74) is 2.41. The second-order valence-corrected chi connectivity index (χ2v) is 23.8. The van der Waals surface area contributed by atoms with E-state index in [4.69, 9.17) is 0 Å². The fraction of sp³-hybridized carbons (Fsp3) is 0.552. The van der Waals surface area contributed by atoms with Crippen molar-refractivity contribution in [3.05, 3.63) is 47.7 Å². The molecule has 0 aliphatic carbocycles. The summed E-state index contributed by atoms with van der Waals surface area (Å²) in [5.74, 6) is 0.711. The summed E-state index contributed by atoms with van der Waals surface area (Å²) >= 11 is -2.61. The standard InChI is InChI=1S/C17H15N4O2.3C4H9.Sn/c22-16-11-5-3-6-12(15(11)13-7-4-10-21(13)16)19-17(23)20-14-8-1-2-9-18-14;3*1-3-4-2;/h2-3,5-6,8-9,13H,4,7,10H2,(H2,18,19,20,23);3*1,3-4H2,2H3;. The van der Waals surface area contributed by atoms with Crippen LogP contribution in [-0.2, 0) is 0 Å². The maximum atomic E-state index is 13.1. The van der Waals surface area contributed by atoms with Crippen LogP contribution >= 0.6 is 0 Å². The first-order chi connectivity index (χ1) is 17.5. The van der Waals surface area contributed by atoms with Gasteiger partial charge in [0.25, 0.3) is 0 Å². The molecule has 0 radical (unpaired) electrons. The van der Waals surface area contributed by atoms with E-state index in [9.17, 15) is 9.59 Å². The average molecular weight is 597 g/mol. The van der Waals surface area contributed by atoms with Crippen molar-refractivity contribution < 1.29 is 9.59 Å². The number of carbonyl (C=O) groups excluding carboxylic acids is 2. The normalized spacial score (nSPS) is 16.7. The number of aromatic nitrogens is 1. The maximum absolute atomic E-state index is 13.1. The van der Waals surface area contributed by atoms with E-state index in [1.807, 2.05) is 29.3 Å². The number of unbranched alkanes of at least 4 members (excludes halogenated alkanes) is 3. The third-order valence-corrected chi connectivity index (χ3v) is 23.7.